The van der Waals surface area contributed by atoms with E-state index < -0.39 is 0 Å². The number of carbonyl (C=O) groups is 2. The summed E-state index contributed by atoms with van der Waals surface area (Å²) in [6.07, 6.45) is 1.88. The topological polar surface area (TPSA) is 71.1 Å². The molecule has 4 rings (SSSR count). The highest BCUT2D eigenvalue weighted by Gasteiger charge is 2.31. The molecule has 1 saturated heterocycles. The Balaban J connectivity index is 1.36. The summed E-state index contributed by atoms with van der Waals surface area (Å²) in [5.74, 6) is 1.41. The third-order valence-electron chi connectivity index (χ3n) is 6.09. The lowest BCUT2D eigenvalue weighted by Gasteiger charge is -2.28. The molecule has 32 heavy (non-hydrogen) atoms. The van der Waals surface area contributed by atoms with Crippen LogP contribution in [0, 0.1) is 13.8 Å². The van der Waals surface area contributed by atoms with E-state index in [9.17, 15) is 9.59 Å². The Kier molecular flexibility index (Phi) is 6.65. The van der Waals surface area contributed by atoms with Crippen LogP contribution in [0.5, 0.6) is 11.5 Å². The van der Waals surface area contributed by atoms with Crippen LogP contribution in [0.3, 0.4) is 0 Å². The number of ether oxygens (including phenoxy) is 2. The van der Waals surface area contributed by atoms with Crippen molar-refractivity contribution in [3.63, 3.8) is 0 Å². The van der Waals surface area contributed by atoms with Crippen LogP contribution in [0.15, 0.2) is 36.4 Å². The number of likely N-dealkylation sites (N-methyl/N-ethyl adjacent to an activating group) is 1. The van der Waals surface area contributed by atoms with E-state index in [1.54, 1.807) is 11.9 Å². The van der Waals surface area contributed by atoms with Crippen molar-refractivity contribution in [2.45, 2.75) is 32.7 Å². The number of amides is 2. The first-order chi connectivity index (χ1) is 15.4. The van der Waals surface area contributed by atoms with Gasteiger partial charge in [0.25, 0.3) is 0 Å². The molecule has 2 aromatic rings. The Bertz CT molecular complexity index is 986. The van der Waals surface area contributed by atoms with Gasteiger partial charge in [-0.2, -0.15) is 0 Å². The predicted octanol–water partition coefficient (Wildman–Crippen LogP) is 3.31. The van der Waals surface area contributed by atoms with E-state index in [-0.39, 0.29) is 30.9 Å². The number of nitrogens with one attached hydrogen (secondary N) is 1. The first-order valence-electron chi connectivity index (χ1n) is 11.2. The first kappa shape index (κ1) is 22.1. The molecule has 0 aliphatic carbocycles. The van der Waals surface area contributed by atoms with Crippen molar-refractivity contribution < 1.29 is 19.1 Å². The maximum Gasteiger partial charge on any atom is 0.238 e. The second-order valence-corrected chi connectivity index (χ2v) is 8.64. The van der Waals surface area contributed by atoms with Gasteiger partial charge in [-0.1, -0.05) is 24.3 Å². The maximum atomic E-state index is 13.1. The number of benzene rings is 2. The zero-order chi connectivity index (χ0) is 22.7. The normalized spacial score (nSPS) is 17.5. The van der Waals surface area contributed by atoms with Crippen LogP contribution < -0.4 is 14.8 Å². The van der Waals surface area contributed by atoms with Crippen LogP contribution in [-0.4, -0.2) is 61.5 Å². The molecule has 1 fully saturated rings. The van der Waals surface area contributed by atoms with Gasteiger partial charge in [0.15, 0.2) is 11.5 Å². The molecule has 0 aromatic heterocycles. The van der Waals surface area contributed by atoms with E-state index in [1.807, 2.05) is 55.1 Å². The van der Waals surface area contributed by atoms with Gasteiger partial charge in [-0.25, -0.2) is 0 Å². The standard InChI is InChI=1S/C25H31N3O4/c1-17-6-4-7-18(2)25(17)26-23(29)15-27(3)16-24(30)28-11-5-8-20(28)19-9-10-21-22(14-19)32-13-12-31-21/h4,6-7,9-10,14,20H,5,8,11-13,15-16H2,1-3H3,(H,26,29). The Morgan fingerprint density at radius 3 is 2.53 bits per heavy atom. The molecule has 0 spiro atoms. The summed E-state index contributed by atoms with van der Waals surface area (Å²) >= 11 is 0. The molecule has 7 heteroatoms. The average molecular weight is 438 g/mol. The van der Waals surface area contributed by atoms with Crippen molar-refractivity contribution in [3.8, 4) is 11.5 Å². The SMILES string of the molecule is Cc1cccc(C)c1NC(=O)CN(C)CC(=O)N1CCCC1c1ccc2c(c1)OCCO2. The second-order valence-electron chi connectivity index (χ2n) is 8.64. The number of para-hydroxylation sites is 1. The quantitative estimate of drug-likeness (QED) is 0.751. The minimum Gasteiger partial charge on any atom is -0.486 e. The number of nitrogens with zero attached hydrogens (tertiary/aromatic N) is 2. The molecule has 170 valence electrons. The monoisotopic (exact) mass is 437 g/mol. The van der Waals surface area contributed by atoms with Crippen LogP contribution in [0.1, 0.15) is 35.6 Å². The molecular formula is C25H31N3O4. The summed E-state index contributed by atoms with van der Waals surface area (Å²) < 4.78 is 11.3. The van der Waals surface area contributed by atoms with E-state index in [4.69, 9.17) is 9.47 Å². The molecule has 2 aromatic carbocycles. The van der Waals surface area contributed by atoms with E-state index >= 15 is 0 Å². The highest BCUT2D eigenvalue weighted by molar-refractivity contribution is 5.94. The summed E-state index contributed by atoms with van der Waals surface area (Å²) in [5.41, 5.74) is 3.96. The zero-order valence-electron chi connectivity index (χ0n) is 19.0. The van der Waals surface area contributed by atoms with Gasteiger partial charge in [0.05, 0.1) is 19.1 Å². The summed E-state index contributed by atoms with van der Waals surface area (Å²) in [4.78, 5) is 29.3. The van der Waals surface area contributed by atoms with Gasteiger partial charge >= 0.3 is 0 Å². The van der Waals surface area contributed by atoms with Crippen molar-refractivity contribution in [2.75, 3.05) is 45.2 Å². The van der Waals surface area contributed by atoms with Gasteiger partial charge in [0, 0.05) is 12.2 Å². The highest BCUT2D eigenvalue weighted by atomic mass is 16.6. The van der Waals surface area contributed by atoms with Crippen LogP contribution in [0.25, 0.3) is 0 Å². The van der Waals surface area contributed by atoms with Crippen molar-refractivity contribution in [1.29, 1.82) is 0 Å². The molecule has 0 radical (unpaired) electrons. The number of carbonyl (C=O) groups excluding carboxylic acids is 2. The zero-order valence-corrected chi connectivity index (χ0v) is 19.0. The smallest absolute Gasteiger partial charge is 0.238 e. The molecule has 0 bridgehead atoms. The lowest BCUT2D eigenvalue weighted by atomic mass is 10.0. The van der Waals surface area contributed by atoms with E-state index in [0.29, 0.717) is 13.2 Å². The molecule has 1 unspecified atom stereocenters. The third-order valence-corrected chi connectivity index (χ3v) is 6.09. The van der Waals surface area contributed by atoms with Crippen molar-refractivity contribution in [3.05, 3.63) is 53.1 Å². The minimum atomic E-state index is -0.123. The lowest BCUT2D eigenvalue weighted by molar-refractivity contribution is -0.133. The van der Waals surface area contributed by atoms with Crippen LogP contribution in [-0.2, 0) is 9.59 Å². The number of hydrogen-bond donors (Lipinski definition) is 1. The van der Waals surface area contributed by atoms with Gasteiger partial charge in [-0.05, 0) is 62.6 Å². The molecule has 7 nitrogen and oxygen atoms in total. The van der Waals surface area contributed by atoms with Gasteiger partial charge in [-0.3, -0.25) is 14.5 Å². The first-order valence-corrected chi connectivity index (χ1v) is 11.2. The molecule has 0 saturated carbocycles. The molecule has 1 atom stereocenters. The van der Waals surface area contributed by atoms with E-state index in [0.717, 1.165) is 53.3 Å². The Morgan fingerprint density at radius 2 is 1.78 bits per heavy atom. The summed E-state index contributed by atoms with van der Waals surface area (Å²) in [6, 6.07) is 11.9. The highest BCUT2D eigenvalue weighted by Crippen LogP contribution is 2.38. The number of likely N-dealkylation sites (tertiary alicyclic amines) is 1. The fraction of sp³-hybridized carbons (Fsp3) is 0.440. The second kappa shape index (κ2) is 9.61. The van der Waals surface area contributed by atoms with Crippen LogP contribution in [0.4, 0.5) is 5.69 Å². The van der Waals surface area contributed by atoms with E-state index in [1.165, 1.54) is 0 Å². The Labute approximate surface area is 189 Å². The lowest BCUT2D eigenvalue weighted by Crippen LogP contribution is -2.41. The Hall–Kier alpha value is -3.06. The number of rotatable bonds is 6. The fourth-order valence-electron chi connectivity index (χ4n) is 4.49. The molecular weight excluding hydrogens is 406 g/mol. The van der Waals surface area contributed by atoms with Crippen LogP contribution >= 0.6 is 0 Å². The average Bonchev–Trinajstić information content (AvgIpc) is 3.26. The largest absolute Gasteiger partial charge is 0.486 e. The number of fused-ring (bicyclic) bond motifs is 1. The number of hydrogen-bond acceptors (Lipinski definition) is 5. The summed E-state index contributed by atoms with van der Waals surface area (Å²) in [5, 5.41) is 2.98. The molecule has 2 aliphatic rings. The van der Waals surface area contributed by atoms with Crippen molar-refractivity contribution in [2.24, 2.45) is 0 Å². The molecule has 2 heterocycles. The van der Waals surface area contributed by atoms with Gasteiger partial charge in [0.1, 0.15) is 13.2 Å². The molecule has 2 amide bonds. The number of anilines is 1. The summed E-state index contributed by atoms with van der Waals surface area (Å²) in [6.45, 7) is 6.12. The summed E-state index contributed by atoms with van der Waals surface area (Å²) in [7, 11) is 1.80. The third kappa shape index (κ3) is 4.88. The van der Waals surface area contributed by atoms with Crippen LogP contribution in [0.2, 0.25) is 0 Å². The molecule has 2 aliphatic heterocycles. The van der Waals surface area contributed by atoms with Gasteiger partial charge < -0.3 is 19.7 Å². The van der Waals surface area contributed by atoms with E-state index in [2.05, 4.69) is 5.32 Å². The fourth-order valence-corrected chi connectivity index (χ4v) is 4.49. The Morgan fingerprint density at radius 1 is 1.06 bits per heavy atom. The van der Waals surface area contributed by atoms with Gasteiger partial charge in [-0.15, -0.1) is 0 Å². The minimum absolute atomic E-state index is 0.0233. The number of aryl methyl sites for hydroxylation is 2. The molecule has 1 N–H and O–H groups in total. The van der Waals surface area contributed by atoms with Gasteiger partial charge in [0.2, 0.25) is 11.8 Å². The van der Waals surface area contributed by atoms with Crippen molar-refractivity contribution in [1.82, 2.24) is 9.80 Å². The maximum absolute atomic E-state index is 13.1. The predicted molar refractivity (Wildman–Crippen MR) is 123 cm³/mol. The van der Waals surface area contributed by atoms with Crippen molar-refractivity contribution >= 4 is 17.5 Å².